The molecule has 0 saturated carbocycles. The van der Waals surface area contributed by atoms with Gasteiger partial charge in [0.1, 0.15) is 11.6 Å². The fraction of sp³-hybridized carbons (Fsp3) is 0. The molecule has 4 nitrogen and oxygen atoms in total. The molecule has 2 aromatic carbocycles. The highest BCUT2D eigenvalue weighted by atomic mass is 35.5. The third-order valence-electron chi connectivity index (χ3n) is 3.18. The van der Waals surface area contributed by atoms with Crippen molar-refractivity contribution in [2.45, 2.75) is 0 Å². The Balaban J connectivity index is 2.18. The Morgan fingerprint density at radius 2 is 1.96 bits per heavy atom. The number of rotatable bonds is 4. The Bertz CT molecular complexity index is 880. The highest BCUT2D eigenvalue weighted by Gasteiger charge is 2.13. The smallest absolute Gasteiger partial charge is 0.212 e. The highest BCUT2D eigenvalue weighted by Crippen LogP contribution is 2.27. The highest BCUT2D eigenvalue weighted by molar-refractivity contribution is 6.30. The van der Waals surface area contributed by atoms with Crippen LogP contribution < -0.4 is 5.32 Å². The van der Waals surface area contributed by atoms with Gasteiger partial charge in [-0.25, -0.2) is 13.5 Å². The largest absolute Gasteiger partial charge is 0.312 e. The molecule has 3 aromatic rings. The Labute approximate surface area is 135 Å². The van der Waals surface area contributed by atoms with Crippen LogP contribution in [0, 0.1) is 11.6 Å². The van der Waals surface area contributed by atoms with Gasteiger partial charge in [0.2, 0.25) is 6.41 Å². The lowest BCUT2D eigenvalue weighted by Gasteiger charge is -2.08. The molecule has 3 rings (SSSR count). The summed E-state index contributed by atoms with van der Waals surface area (Å²) in [7, 11) is 0. The van der Waals surface area contributed by atoms with Gasteiger partial charge >= 0.3 is 0 Å². The third kappa shape index (κ3) is 3.07. The second-order valence-corrected chi connectivity index (χ2v) is 5.10. The van der Waals surface area contributed by atoms with E-state index in [1.165, 1.54) is 28.9 Å². The second-order valence-electron chi connectivity index (χ2n) is 4.70. The van der Waals surface area contributed by atoms with Crippen LogP contribution in [0.2, 0.25) is 5.02 Å². The van der Waals surface area contributed by atoms with E-state index in [2.05, 4.69) is 10.4 Å². The van der Waals surface area contributed by atoms with E-state index in [1.807, 2.05) is 0 Å². The summed E-state index contributed by atoms with van der Waals surface area (Å²) >= 11 is 5.69. The van der Waals surface area contributed by atoms with E-state index in [0.717, 1.165) is 0 Å². The van der Waals surface area contributed by atoms with Crippen molar-refractivity contribution in [3.8, 4) is 16.9 Å². The lowest BCUT2D eigenvalue weighted by atomic mass is 10.1. The molecule has 1 amide bonds. The van der Waals surface area contributed by atoms with Gasteiger partial charge in [-0.3, -0.25) is 4.79 Å². The van der Waals surface area contributed by atoms with Gasteiger partial charge < -0.3 is 5.32 Å². The molecule has 1 aromatic heterocycles. The molecule has 116 valence electrons. The molecule has 0 atom stereocenters. The van der Waals surface area contributed by atoms with E-state index >= 15 is 0 Å². The maximum absolute atomic E-state index is 13.7. The van der Waals surface area contributed by atoms with Gasteiger partial charge in [0.15, 0.2) is 5.82 Å². The first-order chi connectivity index (χ1) is 11.1. The summed E-state index contributed by atoms with van der Waals surface area (Å²) in [6, 6.07) is 11.6. The van der Waals surface area contributed by atoms with Crippen molar-refractivity contribution in [1.82, 2.24) is 9.78 Å². The van der Waals surface area contributed by atoms with Crippen LogP contribution in [-0.2, 0) is 4.79 Å². The van der Waals surface area contributed by atoms with Crippen LogP contribution in [0.1, 0.15) is 0 Å². The van der Waals surface area contributed by atoms with E-state index in [1.54, 1.807) is 24.3 Å². The number of aromatic nitrogens is 2. The minimum absolute atomic E-state index is 0.0144. The van der Waals surface area contributed by atoms with Crippen molar-refractivity contribution in [2.75, 3.05) is 5.32 Å². The zero-order valence-corrected chi connectivity index (χ0v) is 12.4. The number of carbonyl (C=O) groups excluding carboxylic acids is 1. The molecule has 1 heterocycles. The monoisotopic (exact) mass is 333 g/mol. The van der Waals surface area contributed by atoms with Crippen molar-refractivity contribution in [1.29, 1.82) is 0 Å². The van der Waals surface area contributed by atoms with E-state index in [9.17, 15) is 13.6 Å². The average Bonchev–Trinajstić information content (AvgIpc) is 2.94. The summed E-state index contributed by atoms with van der Waals surface area (Å²) < 4.78 is 28.6. The number of nitrogens with one attached hydrogen (secondary N) is 1. The molecule has 23 heavy (non-hydrogen) atoms. The molecule has 1 N–H and O–H groups in total. The number of halogens is 3. The molecular formula is C16H10ClF2N3O. The zero-order valence-electron chi connectivity index (χ0n) is 11.6. The Morgan fingerprint density at radius 1 is 1.13 bits per heavy atom. The number of nitrogens with zero attached hydrogens (tertiary/aromatic N) is 2. The number of hydrogen-bond acceptors (Lipinski definition) is 2. The van der Waals surface area contributed by atoms with Gasteiger partial charge in [0.05, 0.1) is 16.4 Å². The van der Waals surface area contributed by atoms with Crippen LogP contribution in [0.25, 0.3) is 16.9 Å². The summed E-state index contributed by atoms with van der Waals surface area (Å²) in [5.74, 6) is -0.758. The van der Waals surface area contributed by atoms with E-state index < -0.39 is 11.6 Å². The second kappa shape index (κ2) is 6.18. The first-order valence-corrected chi connectivity index (χ1v) is 6.98. The van der Waals surface area contributed by atoms with E-state index in [-0.39, 0.29) is 10.8 Å². The normalized spacial score (nSPS) is 10.6. The molecule has 0 radical (unpaired) electrons. The molecule has 0 aliphatic carbocycles. The molecule has 0 aliphatic heterocycles. The number of anilines is 1. The lowest BCUT2D eigenvalue weighted by molar-refractivity contribution is -0.105. The summed E-state index contributed by atoms with van der Waals surface area (Å²) in [6.07, 6.45) is 0.477. The van der Waals surface area contributed by atoms with Crippen molar-refractivity contribution in [3.63, 3.8) is 0 Å². The topological polar surface area (TPSA) is 46.9 Å². The fourth-order valence-corrected chi connectivity index (χ4v) is 2.30. The maximum atomic E-state index is 13.7. The minimum Gasteiger partial charge on any atom is -0.312 e. The van der Waals surface area contributed by atoms with Crippen LogP contribution >= 0.6 is 11.6 Å². The Kier molecular flexibility index (Phi) is 4.08. The van der Waals surface area contributed by atoms with Crippen LogP contribution in [-0.4, -0.2) is 16.2 Å². The number of carbonyl (C=O) groups is 1. The molecular weight excluding hydrogens is 324 g/mol. The molecule has 0 saturated heterocycles. The predicted molar refractivity (Wildman–Crippen MR) is 83.6 cm³/mol. The minimum atomic E-state index is -0.602. The third-order valence-corrected chi connectivity index (χ3v) is 3.49. The fourth-order valence-electron chi connectivity index (χ4n) is 2.18. The van der Waals surface area contributed by atoms with Gasteiger partial charge in [0.25, 0.3) is 0 Å². The zero-order chi connectivity index (χ0) is 16.4. The summed E-state index contributed by atoms with van der Waals surface area (Å²) in [5, 5.41) is 6.60. The Hall–Kier alpha value is -2.73. The first-order valence-electron chi connectivity index (χ1n) is 6.60. The van der Waals surface area contributed by atoms with Crippen molar-refractivity contribution in [2.24, 2.45) is 0 Å². The van der Waals surface area contributed by atoms with E-state index in [4.69, 9.17) is 11.6 Å². The lowest BCUT2D eigenvalue weighted by Crippen LogP contribution is -2.01. The molecule has 0 unspecified atom stereocenters. The predicted octanol–water partition coefficient (Wildman–Crippen LogP) is 4.04. The Morgan fingerprint density at radius 3 is 2.65 bits per heavy atom. The summed E-state index contributed by atoms with van der Waals surface area (Å²) in [5.41, 5.74) is 1.42. The van der Waals surface area contributed by atoms with Gasteiger partial charge in [-0.05, 0) is 24.3 Å². The molecule has 0 fully saturated rings. The molecule has 0 aliphatic rings. The van der Waals surface area contributed by atoms with Crippen molar-refractivity contribution in [3.05, 3.63) is 65.2 Å². The SMILES string of the molecule is O=CNc1cc(-c2cccc(F)c2)n(-c2ccc(Cl)c(F)c2)n1. The quantitative estimate of drug-likeness (QED) is 0.732. The van der Waals surface area contributed by atoms with Gasteiger partial charge in [-0.15, -0.1) is 5.10 Å². The van der Waals surface area contributed by atoms with Gasteiger partial charge in [-0.2, -0.15) is 0 Å². The summed E-state index contributed by atoms with van der Waals surface area (Å²) in [4.78, 5) is 10.6. The van der Waals surface area contributed by atoms with Crippen molar-refractivity contribution >= 4 is 23.8 Å². The van der Waals surface area contributed by atoms with Crippen LogP contribution in [0.15, 0.2) is 48.5 Å². The summed E-state index contributed by atoms with van der Waals surface area (Å²) in [6.45, 7) is 0. The van der Waals surface area contributed by atoms with E-state index in [0.29, 0.717) is 23.4 Å². The number of benzene rings is 2. The molecule has 0 spiro atoms. The molecule has 0 bridgehead atoms. The standard InChI is InChI=1S/C16H10ClF2N3O/c17-13-5-4-12(7-14(13)19)22-15(8-16(21-22)20-9-23)10-2-1-3-11(18)6-10/h1-9H,(H,20,21,23). The van der Waals surface area contributed by atoms with Crippen molar-refractivity contribution < 1.29 is 13.6 Å². The average molecular weight is 334 g/mol. The van der Waals surface area contributed by atoms with Crippen LogP contribution in [0.3, 0.4) is 0 Å². The molecule has 7 heteroatoms. The maximum Gasteiger partial charge on any atom is 0.212 e. The van der Waals surface area contributed by atoms with Gasteiger partial charge in [-0.1, -0.05) is 23.7 Å². The van der Waals surface area contributed by atoms with Gasteiger partial charge in [0, 0.05) is 17.7 Å². The van der Waals surface area contributed by atoms with Crippen LogP contribution in [0.5, 0.6) is 0 Å². The number of amides is 1. The number of hydrogen-bond donors (Lipinski definition) is 1. The first kappa shape index (κ1) is 15.2. The van der Waals surface area contributed by atoms with Crippen LogP contribution in [0.4, 0.5) is 14.6 Å².